The van der Waals surface area contributed by atoms with Crippen LogP contribution in [-0.4, -0.2) is 21.9 Å². The average Bonchev–Trinajstić information content (AvgIpc) is 3.06. The van der Waals surface area contributed by atoms with Gasteiger partial charge < -0.3 is 11.1 Å². The number of amides is 1. The lowest BCUT2D eigenvalue weighted by Crippen LogP contribution is -2.32. The summed E-state index contributed by atoms with van der Waals surface area (Å²) in [5.41, 5.74) is 8.61. The number of rotatable bonds is 2. The number of carbonyl (C=O) groups excluding carboxylic acids is 1. The summed E-state index contributed by atoms with van der Waals surface area (Å²) in [6.07, 6.45) is 0. The third-order valence-electron chi connectivity index (χ3n) is 3.15. The summed E-state index contributed by atoms with van der Waals surface area (Å²) >= 11 is 1.49. The zero-order valence-corrected chi connectivity index (χ0v) is 13.2. The number of carbonyl (C=O) groups is 1. The highest BCUT2D eigenvalue weighted by molar-refractivity contribution is 7.07. The highest BCUT2D eigenvalue weighted by atomic mass is 32.1. The van der Waals surface area contributed by atoms with Crippen molar-refractivity contribution in [3.05, 3.63) is 52.6 Å². The first kappa shape index (κ1) is 15.2. The number of nitrogens with zero attached hydrogens (tertiary/aromatic N) is 2. The van der Waals surface area contributed by atoms with Gasteiger partial charge in [0.25, 0.3) is 0 Å². The molecular formula is C17H14N4OS. The van der Waals surface area contributed by atoms with Gasteiger partial charge in [-0.1, -0.05) is 24.3 Å². The Hall–Kier alpha value is -2.75. The van der Waals surface area contributed by atoms with Crippen LogP contribution in [0, 0.1) is 11.8 Å². The maximum atomic E-state index is 11.8. The molecule has 1 atom stereocenters. The van der Waals surface area contributed by atoms with Gasteiger partial charge in [-0.15, -0.1) is 11.3 Å². The third kappa shape index (κ3) is 3.54. The van der Waals surface area contributed by atoms with Gasteiger partial charge in [0, 0.05) is 10.8 Å². The lowest BCUT2D eigenvalue weighted by atomic mass is 10.1. The van der Waals surface area contributed by atoms with Gasteiger partial charge in [0.1, 0.15) is 17.2 Å². The smallest absolute Gasteiger partial charge is 0.242 e. The largest absolute Gasteiger partial charge is 0.320 e. The van der Waals surface area contributed by atoms with E-state index in [-0.39, 0.29) is 5.91 Å². The van der Waals surface area contributed by atoms with Crippen LogP contribution in [0.4, 0.5) is 5.82 Å². The van der Waals surface area contributed by atoms with Crippen molar-refractivity contribution in [1.29, 1.82) is 0 Å². The zero-order chi connectivity index (χ0) is 16.2. The van der Waals surface area contributed by atoms with Crippen molar-refractivity contribution in [3.8, 4) is 11.8 Å². The SMILES string of the molecule is CC(N)C(=O)Nc1cc2ccccc2c(C#Cc2cscn2)n1. The van der Waals surface area contributed by atoms with Gasteiger partial charge >= 0.3 is 0 Å². The van der Waals surface area contributed by atoms with E-state index in [4.69, 9.17) is 5.73 Å². The Balaban J connectivity index is 2.05. The maximum Gasteiger partial charge on any atom is 0.242 e. The van der Waals surface area contributed by atoms with E-state index < -0.39 is 6.04 Å². The molecule has 0 aliphatic heterocycles. The highest BCUT2D eigenvalue weighted by Crippen LogP contribution is 2.20. The monoisotopic (exact) mass is 322 g/mol. The lowest BCUT2D eigenvalue weighted by molar-refractivity contribution is -0.117. The van der Waals surface area contributed by atoms with Gasteiger partial charge in [-0.25, -0.2) is 9.97 Å². The van der Waals surface area contributed by atoms with Crippen LogP contribution in [0.5, 0.6) is 0 Å². The standard InChI is InChI=1S/C17H14N4OS/c1-11(18)17(22)21-16-8-12-4-2-3-5-14(12)15(20-16)7-6-13-9-23-10-19-13/h2-5,8-11H,18H2,1H3,(H,20,21,22). The van der Waals surface area contributed by atoms with E-state index in [0.29, 0.717) is 17.2 Å². The molecule has 0 saturated carbocycles. The molecule has 0 saturated heterocycles. The minimum Gasteiger partial charge on any atom is -0.320 e. The summed E-state index contributed by atoms with van der Waals surface area (Å²) in [6.45, 7) is 1.62. The minimum absolute atomic E-state index is 0.286. The molecule has 0 bridgehead atoms. The number of fused-ring (bicyclic) bond motifs is 1. The van der Waals surface area contributed by atoms with Crippen LogP contribution < -0.4 is 11.1 Å². The number of nitrogens with two attached hydrogens (primary N) is 1. The first-order valence-electron chi connectivity index (χ1n) is 7.00. The molecule has 23 heavy (non-hydrogen) atoms. The number of pyridine rings is 1. The fourth-order valence-corrected chi connectivity index (χ4v) is 2.48. The molecule has 2 aromatic heterocycles. The molecule has 5 nitrogen and oxygen atoms in total. The van der Waals surface area contributed by atoms with Crippen molar-refractivity contribution in [3.63, 3.8) is 0 Å². The molecule has 3 N–H and O–H groups in total. The van der Waals surface area contributed by atoms with Crippen molar-refractivity contribution in [2.75, 3.05) is 5.32 Å². The van der Waals surface area contributed by atoms with Crippen molar-refractivity contribution in [2.45, 2.75) is 13.0 Å². The number of hydrogen-bond acceptors (Lipinski definition) is 5. The van der Waals surface area contributed by atoms with Crippen LogP contribution in [0.25, 0.3) is 10.8 Å². The fourth-order valence-electron chi connectivity index (χ4n) is 2.00. The molecule has 3 aromatic rings. The molecule has 0 aliphatic rings. The fraction of sp³-hybridized carbons (Fsp3) is 0.118. The van der Waals surface area contributed by atoms with Crippen LogP contribution in [0.1, 0.15) is 18.3 Å². The predicted molar refractivity (Wildman–Crippen MR) is 92.1 cm³/mol. The normalized spacial score (nSPS) is 11.6. The van der Waals surface area contributed by atoms with Gasteiger partial charge in [-0.2, -0.15) is 0 Å². The first-order chi connectivity index (χ1) is 11.1. The number of thiazole rings is 1. The number of anilines is 1. The summed E-state index contributed by atoms with van der Waals surface area (Å²) in [6, 6.07) is 8.96. The second kappa shape index (κ2) is 6.57. The third-order valence-corrected chi connectivity index (χ3v) is 3.73. The summed E-state index contributed by atoms with van der Waals surface area (Å²) in [7, 11) is 0. The van der Waals surface area contributed by atoms with E-state index in [1.54, 1.807) is 12.4 Å². The van der Waals surface area contributed by atoms with Gasteiger partial charge in [0.15, 0.2) is 0 Å². The second-order valence-corrected chi connectivity index (χ2v) is 5.70. The van der Waals surface area contributed by atoms with Crippen molar-refractivity contribution < 1.29 is 4.79 Å². The average molecular weight is 322 g/mol. The van der Waals surface area contributed by atoms with Crippen molar-refractivity contribution in [2.24, 2.45) is 5.73 Å². The quantitative estimate of drug-likeness (QED) is 0.710. The van der Waals surface area contributed by atoms with E-state index >= 15 is 0 Å². The van der Waals surface area contributed by atoms with Gasteiger partial charge in [0.05, 0.1) is 11.6 Å². The van der Waals surface area contributed by atoms with Crippen LogP contribution in [-0.2, 0) is 4.79 Å². The molecule has 0 radical (unpaired) electrons. The Kier molecular flexibility index (Phi) is 4.33. The Morgan fingerprint density at radius 1 is 1.35 bits per heavy atom. The minimum atomic E-state index is -0.604. The van der Waals surface area contributed by atoms with E-state index in [1.807, 2.05) is 35.7 Å². The van der Waals surface area contributed by atoms with Crippen LogP contribution in [0.15, 0.2) is 41.2 Å². The number of hydrogen-bond donors (Lipinski definition) is 2. The Bertz CT molecular complexity index is 907. The molecule has 0 aliphatic carbocycles. The molecule has 2 heterocycles. The van der Waals surface area contributed by atoms with E-state index in [9.17, 15) is 4.79 Å². The van der Waals surface area contributed by atoms with Crippen molar-refractivity contribution >= 4 is 33.8 Å². The van der Waals surface area contributed by atoms with Crippen LogP contribution in [0.2, 0.25) is 0 Å². The zero-order valence-electron chi connectivity index (χ0n) is 12.4. The maximum absolute atomic E-state index is 11.8. The molecular weight excluding hydrogens is 308 g/mol. The first-order valence-corrected chi connectivity index (χ1v) is 7.94. The molecule has 3 rings (SSSR count). The van der Waals surface area contributed by atoms with Crippen molar-refractivity contribution in [1.82, 2.24) is 9.97 Å². The molecule has 0 spiro atoms. The molecule has 114 valence electrons. The predicted octanol–water partition coefficient (Wildman–Crippen LogP) is 2.38. The van der Waals surface area contributed by atoms with E-state index in [1.165, 1.54) is 11.3 Å². The number of nitrogens with one attached hydrogen (secondary N) is 1. The Labute approximate surface area is 137 Å². The topological polar surface area (TPSA) is 80.9 Å². The van der Waals surface area contributed by atoms with Gasteiger partial charge in [-0.3, -0.25) is 4.79 Å². The lowest BCUT2D eigenvalue weighted by Gasteiger charge is -2.09. The Morgan fingerprint density at radius 3 is 2.91 bits per heavy atom. The highest BCUT2D eigenvalue weighted by Gasteiger charge is 2.10. The number of benzene rings is 1. The summed E-state index contributed by atoms with van der Waals surface area (Å²) < 4.78 is 0. The number of aromatic nitrogens is 2. The second-order valence-electron chi connectivity index (χ2n) is 4.98. The summed E-state index contributed by atoms with van der Waals surface area (Å²) in [4.78, 5) is 20.4. The van der Waals surface area contributed by atoms with Crippen LogP contribution in [0.3, 0.4) is 0 Å². The summed E-state index contributed by atoms with van der Waals surface area (Å²) in [5.74, 6) is 6.17. The van der Waals surface area contributed by atoms with Gasteiger partial charge in [0.2, 0.25) is 5.91 Å². The van der Waals surface area contributed by atoms with E-state index in [0.717, 1.165) is 10.8 Å². The molecule has 1 aromatic carbocycles. The Morgan fingerprint density at radius 2 is 2.17 bits per heavy atom. The summed E-state index contributed by atoms with van der Waals surface area (Å²) in [5, 5.41) is 6.46. The molecule has 6 heteroatoms. The molecule has 0 fully saturated rings. The molecule has 1 unspecified atom stereocenters. The van der Waals surface area contributed by atoms with Crippen LogP contribution >= 0.6 is 11.3 Å². The van der Waals surface area contributed by atoms with E-state index in [2.05, 4.69) is 27.1 Å². The van der Waals surface area contributed by atoms with Gasteiger partial charge in [-0.05, 0) is 30.2 Å². The molecule has 1 amide bonds.